The van der Waals surface area contributed by atoms with E-state index in [0.717, 1.165) is 17.7 Å². The molecule has 5 rings (SSSR count). The first-order valence-electron chi connectivity index (χ1n) is 10.4. The van der Waals surface area contributed by atoms with Gasteiger partial charge in [-0.2, -0.15) is 0 Å². The number of ether oxygens (including phenoxy) is 1. The second-order valence-corrected chi connectivity index (χ2v) is 7.92. The monoisotopic (exact) mass is 488 g/mol. The van der Waals surface area contributed by atoms with Crippen molar-refractivity contribution in [2.75, 3.05) is 5.32 Å². The highest BCUT2D eigenvalue weighted by atomic mass is 35.5. The van der Waals surface area contributed by atoms with E-state index in [4.69, 9.17) is 16.3 Å². The molecule has 2 aromatic heterocycles. The predicted molar refractivity (Wildman–Crippen MR) is 129 cm³/mol. The van der Waals surface area contributed by atoms with E-state index in [2.05, 4.69) is 20.3 Å². The van der Waals surface area contributed by atoms with Crippen molar-refractivity contribution in [1.82, 2.24) is 15.0 Å². The molecule has 9 heteroatoms. The summed E-state index contributed by atoms with van der Waals surface area (Å²) in [6, 6.07) is 16.2. The van der Waals surface area contributed by atoms with Gasteiger partial charge >= 0.3 is 0 Å². The Bertz CT molecular complexity index is 1560. The number of carbonyl (C=O) groups excluding carboxylic acids is 1. The van der Waals surface area contributed by atoms with Crippen molar-refractivity contribution in [2.45, 2.75) is 0 Å². The van der Waals surface area contributed by atoms with Crippen LogP contribution in [0.1, 0.15) is 10.4 Å². The van der Waals surface area contributed by atoms with Crippen LogP contribution >= 0.6 is 11.6 Å². The Balaban J connectivity index is 1.39. The molecule has 5 aromatic rings. The van der Waals surface area contributed by atoms with Gasteiger partial charge in [0.25, 0.3) is 5.91 Å². The Hall–Kier alpha value is -4.43. The van der Waals surface area contributed by atoms with Gasteiger partial charge in [-0.15, -0.1) is 0 Å². The first-order chi connectivity index (χ1) is 16.9. The number of nitrogens with one attached hydrogen (secondary N) is 1. The largest absolute Gasteiger partial charge is 0.457 e. The van der Waals surface area contributed by atoms with Gasteiger partial charge in [-0.1, -0.05) is 11.6 Å². The molecule has 0 spiro atoms. The summed E-state index contributed by atoms with van der Waals surface area (Å²) in [4.78, 5) is 25.6. The van der Waals surface area contributed by atoms with Crippen LogP contribution in [-0.4, -0.2) is 20.9 Å². The van der Waals surface area contributed by atoms with Gasteiger partial charge in [-0.05, 0) is 48.5 Å². The Morgan fingerprint density at radius 2 is 1.80 bits per heavy atom. The number of hydrogen-bond acceptors (Lipinski definition) is 5. The van der Waals surface area contributed by atoms with Gasteiger partial charge in [-0.3, -0.25) is 14.8 Å². The van der Waals surface area contributed by atoms with Crippen LogP contribution in [-0.2, 0) is 0 Å². The third-order valence-electron chi connectivity index (χ3n) is 5.02. The summed E-state index contributed by atoms with van der Waals surface area (Å²) in [6.07, 6.45) is 5.03. The minimum atomic E-state index is -0.728. The highest BCUT2D eigenvalue weighted by Gasteiger charge is 2.12. The number of aromatic nitrogens is 3. The van der Waals surface area contributed by atoms with E-state index in [9.17, 15) is 13.6 Å². The Morgan fingerprint density at radius 1 is 0.914 bits per heavy atom. The number of carbonyl (C=O) groups is 1. The zero-order valence-corrected chi connectivity index (χ0v) is 18.6. The van der Waals surface area contributed by atoms with Gasteiger partial charge in [-0.25, -0.2) is 13.8 Å². The van der Waals surface area contributed by atoms with Crippen molar-refractivity contribution in [2.24, 2.45) is 0 Å². The van der Waals surface area contributed by atoms with Crippen LogP contribution in [0.4, 0.5) is 14.5 Å². The molecular weight excluding hydrogens is 474 g/mol. The lowest BCUT2D eigenvalue weighted by Gasteiger charge is -2.11. The van der Waals surface area contributed by atoms with Crippen molar-refractivity contribution in [3.05, 3.63) is 108 Å². The summed E-state index contributed by atoms with van der Waals surface area (Å²) in [5, 5.41) is 2.43. The van der Waals surface area contributed by atoms with E-state index >= 15 is 0 Å². The summed E-state index contributed by atoms with van der Waals surface area (Å²) in [6.45, 7) is 0. The van der Waals surface area contributed by atoms with Gasteiger partial charge in [0, 0.05) is 47.4 Å². The number of anilines is 1. The number of halogens is 3. The van der Waals surface area contributed by atoms with Crippen LogP contribution in [0, 0.1) is 11.6 Å². The van der Waals surface area contributed by atoms with Gasteiger partial charge in [0.1, 0.15) is 23.1 Å². The molecule has 0 aliphatic carbocycles. The molecule has 2 heterocycles. The zero-order valence-electron chi connectivity index (χ0n) is 17.9. The number of amides is 1. The third kappa shape index (κ3) is 5.07. The molecule has 6 nitrogen and oxygen atoms in total. The Morgan fingerprint density at radius 3 is 2.60 bits per heavy atom. The highest BCUT2D eigenvalue weighted by molar-refractivity contribution is 6.30. The van der Waals surface area contributed by atoms with Crippen molar-refractivity contribution < 1.29 is 18.3 Å². The lowest BCUT2D eigenvalue weighted by Crippen LogP contribution is -2.12. The van der Waals surface area contributed by atoms with Crippen LogP contribution in [0.15, 0.2) is 85.3 Å². The molecule has 0 bridgehead atoms. The molecule has 1 N–H and O–H groups in total. The lowest BCUT2D eigenvalue weighted by atomic mass is 10.2. The fraction of sp³-hybridized carbons (Fsp3) is 0. The second kappa shape index (κ2) is 9.44. The maximum absolute atomic E-state index is 14.3. The van der Waals surface area contributed by atoms with Crippen LogP contribution in [0.5, 0.6) is 11.5 Å². The molecule has 0 aliphatic rings. The van der Waals surface area contributed by atoms with E-state index in [1.54, 1.807) is 36.8 Å². The average Bonchev–Trinajstić information content (AvgIpc) is 2.85. The van der Waals surface area contributed by atoms with Crippen LogP contribution in [0.25, 0.3) is 22.3 Å². The van der Waals surface area contributed by atoms with Crippen molar-refractivity contribution in [1.29, 1.82) is 0 Å². The lowest BCUT2D eigenvalue weighted by molar-refractivity contribution is 0.102. The molecule has 1 amide bonds. The quantitative estimate of drug-likeness (QED) is 0.299. The van der Waals surface area contributed by atoms with Crippen molar-refractivity contribution in [3.8, 4) is 22.8 Å². The predicted octanol–water partition coefficient (Wildman–Crippen LogP) is 6.67. The van der Waals surface area contributed by atoms with Crippen molar-refractivity contribution >= 4 is 34.2 Å². The number of fused-ring (bicyclic) bond motifs is 1. The Labute approximate surface area is 203 Å². The molecule has 0 radical (unpaired) electrons. The van der Waals surface area contributed by atoms with Gasteiger partial charge in [0.05, 0.1) is 27.9 Å². The molecule has 0 fully saturated rings. The molecule has 0 saturated carbocycles. The highest BCUT2D eigenvalue weighted by Crippen LogP contribution is 2.29. The van der Waals surface area contributed by atoms with Crippen LogP contribution in [0.2, 0.25) is 5.02 Å². The van der Waals surface area contributed by atoms with Gasteiger partial charge in [0.15, 0.2) is 0 Å². The SMILES string of the molecule is O=C(Nc1cc(F)cc(Oc2ccc3ncc(-c4cccnc4)nc3c2)c1)c1ccc(Cl)c(F)c1. The molecule has 3 aromatic carbocycles. The molecular formula is C26H15ClF2N4O2. The molecule has 172 valence electrons. The fourth-order valence-electron chi connectivity index (χ4n) is 3.38. The van der Waals surface area contributed by atoms with E-state index in [-0.39, 0.29) is 22.0 Å². The standard InChI is InChI=1S/C26H15ClF2N4O2/c27-21-5-3-15(8-22(21)29)26(34)32-18-9-17(28)10-20(11-18)35-19-4-6-23-24(12-19)33-25(14-31-23)16-2-1-7-30-13-16/h1-14H,(H,32,34). The first-order valence-corrected chi connectivity index (χ1v) is 10.7. The number of hydrogen-bond donors (Lipinski definition) is 1. The maximum Gasteiger partial charge on any atom is 0.255 e. The van der Waals surface area contributed by atoms with Crippen LogP contribution in [0.3, 0.4) is 0 Å². The van der Waals surface area contributed by atoms with Crippen LogP contribution < -0.4 is 10.1 Å². The maximum atomic E-state index is 14.3. The van der Waals surface area contributed by atoms with E-state index in [1.165, 1.54) is 24.3 Å². The molecule has 0 unspecified atom stereocenters. The zero-order chi connectivity index (χ0) is 24.4. The minimum absolute atomic E-state index is 0.0381. The minimum Gasteiger partial charge on any atom is -0.457 e. The van der Waals surface area contributed by atoms with Gasteiger partial charge in [0.2, 0.25) is 0 Å². The molecule has 0 saturated heterocycles. The number of rotatable bonds is 5. The second-order valence-electron chi connectivity index (χ2n) is 7.51. The smallest absolute Gasteiger partial charge is 0.255 e. The number of pyridine rings is 1. The first kappa shape index (κ1) is 22.4. The number of benzene rings is 3. The summed E-state index contributed by atoms with van der Waals surface area (Å²) in [5.74, 6) is -1.43. The third-order valence-corrected chi connectivity index (χ3v) is 5.32. The molecule has 0 atom stereocenters. The fourth-order valence-corrected chi connectivity index (χ4v) is 3.50. The van der Waals surface area contributed by atoms with Gasteiger partial charge < -0.3 is 10.1 Å². The summed E-state index contributed by atoms with van der Waals surface area (Å²) in [5.41, 5.74) is 2.89. The summed E-state index contributed by atoms with van der Waals surface area (Å²) < 4.78 is 33.8. The van der Waals surface area contributed by atoms with E-state index in [1.807, 2.05) is 12.1 Å². The normalized spacial score (nSPS) is 10.8. The number of nitrogens with zero attached hydrogens (tertiary/aromatic N) is 3. The van der Waals surface area contributed by atoms with Crippen molar-refractivity contribution in [3.63, 3.8) is 0 Å². The van der Waals surface area contributed by atoms with E-state index in [0.29, 0.717) is 22.5 Å². The van der Waals surface area contributed by atoms with E-state index < -0.39 is 17.5 Å². The molecule has 0 aliphatic heterocycles. The summed E-state index contributed by atoms with van der Waals surface area (Å²) in [7, 11) is 0. The molecule has 35 heavy (non-hydrogen) atoms. The summed E-state index contributed by atoms with van der Waals surface area (Å²) >= 11 is 5.66. The Kier molecular flexibility index (Phi) is 6.03. The average molecular weight is 489 g/mol. The topological polar surface area (TPSA) is 77.0 Å².